The predicted octanol–water partition coefficient (Wildman–Crippen LogP) is 11.0. The summed E-state index contributed by atoms with van der Waals surface area (Å²) in [6, 6.07) is 18.8. The molecule has 0 saturated heterocycles. The fourth-order valence-corrected chi connectivity index (χ4v) is 6.22. The first-order chi connectivity index (χ1) is 16.7. The van der Waals surface area contributed by atoms with Crippen LogP contribution in [-0.2, 0) is 0 Å². The van der Waals surface area contributed by atoms with Crippen LogP contribution >= 0.6 is 0 Å². The van der Waals surface area contributed by atoms with E-state index in [1.54, 1.807) is 11.1 Å². The van der Waals surface area contributed by atoms with Crippen molar-refractivity contribution in [2.45, 2.75) is 116 Å². The van der Waals surface area contributed by atoms with Crippen LogP contribution in [0.3, 0.4) is 0 Å². The van der Waals surface area contributed by atoms with E-state index < -0.39 is 0 Å². The van der Waals surface area contributed by atoms with Gasteiger partial charge in [-0.3, -0.25) is 0 Å². The first-order valence-electron chi connectivity index (χ1n) is 14.6. The quantitative estimate of drug-likeness (QED) is 0.295. The van der Waals surface area contributed by atoms with Crippen LogP contribution in [0.4, 0.5) is 0 Å². The van der Waals surface area contributed by atoms with Gasteiger partial charge in [0.15, 0.2) is 0 Å². The maximum absolute atomic E-state index is 2.55. The molecule has 0 radical (unpaired) electrons. The van der Waals surface area contributed by atoms with Gasteiger partial charge in [0.2, 0.25) is 0 Å². The summed E-state index contributed by atoms with van der Waals surface area (Å²) in [5, 5.41) is 0. The van der Waals surface area contributed by atoms with Gasteiger partial charge in [0.05, 0.1) is 0 Å². The lowest BCUT2D eigenvalue weighted by Crippen LogP contribution is -2.10. The standard InChI is InChI=1S/C34H48/c1-3-4-5-6-7-8-9-10-28-13-17-30(18-14-28)32-21-25-34(26-22-32)33-23-19-31(20-24-33)29-15-11-27(2)12-16-29/h17,19-29H,3-16,18H2,1-2H3/t27-,28?,29-. The summed E-state index contributed by atoms with van der Waals surface area (Å²) < 4.78 is 0. The van der Waals surface area contributed by atoms with Crippen molar-refractivity contribution in [2.75, 3.05) is 0 Å². The van der Waals surface area contributed by atoms with Gasteiger partial charge in [-0.2, -0.15) is 0 Å². The van der Waals surface area contributed by atoms with E-state index in [1.807, 2.05) is 0 Å². The van der Waals surface area contributed by atoms with Gasteiger partial charge >= 0.3 is 0 Å². The highest BCUT2D eigenvalue weighted by Gasteiger charge is 2.19. The lowest BCUT2D eigenvalue weighted by atomic mass is 9.79. The third kappa shape index (κ3) is 7.34. The first-order valence-corrected chi connectivity index (χ1v) is 14.6. The Labute approximate surface area is 210 Å². The Morgan fingerprint density at radius 1 is 0.647 bits per heavy atom. The number of hydrogen-bond donors (Lipinski definition) is 0. The highest BCUT2D eigenvalue weighted by molar-refractivity contribution is 5.71. The first kappa shape index (κ1) is 25.3. The molecule has 34 heavy (non-hydrogen) atoms. The van der Waals surface area contributed by atoms with E-state index in [9.17, 15) is 0 Å². The summed E-state index contributed by atoms with van der Waals surface area (Å²) in [5.74, 6) is 2.62. The molecule has 0 aromatic heterocycles. The van der Waals surface area contributed by atoms with Crippen molar-refractivity contribution in [3.05, 3.63) is 65.7 Å². The molecular weight excluding hydrogens is 408 g/mol. The molecule has 2 aliphatic carbocycles. The highest BCUT2D eigenvalue weighted by Crippen LogP contribution is 2.37. The summed E-state index contributed by atoms with van der Waals surface area (Å²) in [6.45, 7) is 4.71. The number of unbranched alkanes of at least 4 members (excludes halogenated alkanes) is 6. The fourth-order valence-electron chi connectivity index (χ4n) is 6.22. The number of rotatable bonds is 11. The van der Waals surface area contributed by atoms with Crippen LogP contribution in [-0.4, -0.2) is 0 Å². The zero-order valence-corrected chi connectivity index (χ0v) is 22.0. The second-order valence-electron chi connectivity index (χ2n) is 11.4. The maximum Gasteiger partial charge on any atom is -0.0162 e. The van der Waals surface area contributed by atoms with Crippen LogP contribution in [0.1, 0.15) is 127 Å². The molecule has 0 aliphatic heterocycles. The molecule has 2 aromatic carbocycles. The molecular formula is C34H48. The topological polar surface area (TPSA) is 0 Å². The van der Waals surface area contributed by atoms with E-state index >= 15 is 0 Å². The van der Waals surface area contributed by atoms with E-state index in [0.29, 0.717) is 0 Å². The molecule has 1 fully saturated rings. The van der Waals surface area contributed by atoms with Crippen LogP contribution in [0.15, 0.2) is 54.6 Å². The van der Waals surface area contributed by atoms with Crippen LogP contribution in [0, 0.1) is 11.8 Å². The molecule has 2 aromatic rings. The van der Waals surface area contributed by atoms with Crippen molar-refractivity contribution >= 4 is 5.57 Å². The number of benzene rings is 2. The van der Waals surface area contributed by atoms with Crippen molar-refractivity contribution < 1.29 is 0 Å². The van der Waals surface area contributed by atoms with Crippen LogP contribution in [0.2, 0.25) is 0 Å². The van der Waals surface area contributed by atoms with Crippen LogP contribution < -0.4 is 0 Å². The molecule has 0 nitrogen and oxygen atoms in total. The minimum absolute atomic E-state index is 0.778. The third-order valence-electron chi connectivity index (χ3n) is 8.72. The van der Waals surface area contributed by atoms with Crippen LogP contribution in [0.5, 0.6) is 0 Å². The Morgan fingerprint density at radius 2 is 1.24 bits per heavy atom. The van der Waals surface area contributed by atoms with Gasteiger partial charge in [0, 0.05) is 0 Å². The summed E-state index contributed by atoms with van der Waals surface area (Å²) in [6.07, 6.45) is 23.4. The van der Waals surface area contributed by atoms with Crippen molar-refractivity contribution in [3.63, 3.8) is 0 Å². The van der Waals surface area contributed by atoms with Crippen molar-refractivity contribution in [3.8, 4) is 11.1 Å². The second kappa shape index (κ2) is 13.3. The SMILES string of the molecule is CCCCCCCCCC1CC=C(c2ccc(-c3ccc([C@H]4CC[C@H](C)CC4)cc3)cc2)CC1. The molecule has 184 valence electrons. The highest BCUT2D eigenvalue weighted by atomic mass is 14.2. The fraction of sp³-hybridized carbons (Fsp3) is 0.588. The Morgan fingerprint density at radius 3 is 1.85 bits per heavy atom. The lowest BCUT2D eigenvalue weighted by Gasteiger charge is -2.26. The molecule has 2 aliphatic rings. The van der Waals surface area contributed by atoms with E-state index in [1.165, 1.54) is 113 Å². The van der Waals surface area contributed by atoms with Gasteiger partial charge in [-0.25, -0.2) is 0 Å². The lowest BCUT2D eigenvalue weighted by molar-refractivity contribution is 0.348. The largest absolute Gasteiger partial charge is 0.0804 e. The van der Waals surface area contributed by atoms with Gasteiger partial charge in [0.25, 0.3) is 0 Å². The van der Waals surface area contributed by atoms with Gasteiger partial charge < -0.3 is 0 Å². The minimum atomic E-state index is 0.778. The Kier molecular flexibility index (Phi) is 9.90. The smallest absolute Gasteiger partial charge is 0.0162 e. The monoisotopic (exact) mass is 456 g/mol. The van der Waals surface area contributed by atoms with E-state index in [4.69, 9.17) is 0 Å². The Balaban J connectivity index is 1.24. The Hall–Kier alpha value is -1.82. The molecule has 4 rings (SSSR count). The van der Waals surface area contributed by atoms with E-state index in [2.05, 4.69) is 68.5 Å². The average molecular weight is 457 g/mol. The summed E-state index contributed by atoms with van der Waals surface area (Å²) >= 11 is 0. The Bertz CT molecular complexity index is 861. The van der Waals surface area contributed by atoms with Crippen LogP contribution in [0.25, 0.3) is 16.7 Å². The summed E-state index contributed by atoms with van der Waals surface area (Å²) in [7, 11) is 0. The van der Waals surface area contributed by atoms with Gasteiger partial charge in [-0.1, -0.05) is 133 Å². The van der Waals surface area contributed by atoms with E-state index in [-0.39, 0.29) is 0 Å². The minimum Gasteiger partial charge on any atom is -0.0804 e. The zero-order valence-electron chi connectivity index (χ0n) is 22.0. The van der Waals surface area contributed by atoms with Gasteiger partial charge in [-0.05, 0) is 77.7 Å². The maximum atomic E-state index is 2.55. The normalized spacial score (nSPS) is 23.0. The van der Waals surface area contributed by atoms with Crippen molar-refractivity contribution in [1.82, 2.24) is 0 Å². The molecule has 1 saturated carbocycles. The van der Waals surface area contributed by atoms with E-state index in [0.717, 1.165) is 17.8 Å². The number of allylic oxidation sites excluding steroid dienone is 2. The summed E-state index contributed by atoms with van der Waals surface area (Å²) in [4.78, 5) is 0. The molecule has 1 unspecified atom stereocenters. The molecule has 1 atom stereocenters. The summed E-state index contributed by atoms with van der Waals surface area (Å²) in [5.41, 5.74) is 7.26. The van der Waals surface area contributed by atoms with Gasteiger partial charge in [0.1, 0.15) is 0 Å². The third-order valence-corrected chi connectivity index (χ3v) is 8.72. The zero-order chi connectivity index (χ0) is 23.6. The average Bonchev–Trinajstić information content (AvgIpc) is 2.89. The molecule has 0 heterocycles. The second-order valence-corrected chi connectivity index (χ2v) is 11.4. The predicted molar refractivity (Wildman–Crippen MR) is 150 cm³/mol. The molecule has 0 spiro atoms. The van der Waals surface area contributed by atoms with Gasteiger partial charge in [-0.15, -0.1) is 0 Å². The molecule has 0 amide bonds. The van der Waals surface area contributed by atoms with Crippen molar-refractivity contribution in [1.29, 1.82) is 0 Å². The molecule has 0 bridgehead atoms. The molecule has 0 heteroatoms. The van der Waals surface area contributed by atoms with Crippen molar-refractivity contribution in [2.24, 2.45) is 11.8 Å². The molecule has 0 N–H and O–H groups in total. The number of hydrogen-bond acceptors (Lipinski definition) is 0.